The molecule has 1 aliphatic rings. The summed E-state index contributed by atoms with van der Waals surface area (Å²) >= 11 is 0.924. The van der Waals surface area contributed by atoms with Gasteiger partial charge in [-0.2, -0.15) is 0 Å². The molecule has 2 aromatic heterocycles. The van der Waals surface area contributed by atoms with E-state index in [1.54, 1.807) is 55.5 Å². The normalized spacial score (nSPS) is 15.3. The number of para-hydroxylation sites is 1. The van der Waals surface area contributed by atoms with Gasteiger partial charge in [-0.3, -0.25) is 14.5 Å². The zero-order chi connectivity index (χ0) is 27.0. The third-order valence-corrected chi connectivity index (χ3v) is 7.16. The molecule has 0 fully saturated rings. The molecule has 3 heterocycles. The summed E-state index contributed by atoms with van der Waals surface area (Å²) in [6, 6.07) is 14.4. The van der Waals surface area contributed by atoms with Crippen LogP contribution < -0.4 is 9.64 Å². The molecule has 4 aromatic rings. The Balaban J connectivity index is 1.63. The SMILES string of the molecule is C=CCOC(=O)c1sc(N2C(=O)C(O)=C(C(=O)c3cc4ccccc4o3)C2c2cccc(OC)c2)nc1C. The molecule has 38 heavy (non-hydrogen) atoms. The molecular formula is C28H22N2O7S. The number of ether oxygens (including phenoxy) is 2. The van der Waals surface area contributed by atoms with Crippen LogP contribution in [-0.2, 0) is 9.53 Å². The summed E-state index contributed by atoms with van der Waals surface area (Å²) in [6.07, 6.45) is 1.44. The fourth-order valence-electron chi connectivity index (χ4n) is 4.26. The van der Waals surface area contributed by atoms with Crippen LogP contribution in [0.4, 0.5) is 5.13 Å². The van der Waals surface area contributed by atoms with Crippen molar-refractivity contribution >= 4 is 45.1 Å². The lowest BCUT2D eigenvalue weighted by Crippen LogP contribution is -2.31. The highest BCUT2D eigenvalue weighted by molar-refractivity contribution is 7.17. The van der Waals surface area contributed by atoms with Crippen molar-refractivity contribution in [2.75, 3.05) is 18.6 Å². The van der Waals surface area contributed by atoms with Gasteiger partial charge in [-0.1, -0.05) is 54.3 Å². The standard InChI is InChI=1S/C28H22N2O7S/c1-4-12-36-27(34)25-15(2)29-28(38-25)30-22(17-9-7-10-18(13-17)35-3)21(24(32)26(30)33)23(31)20-14-16-8-5-6-11-19(16)37-20/h4-11,13-14,22,32H,1,12H2,2-3H3. The molecule has 0 bridgehead atoms. The molecule has 0 saturated heterocycles. The Morgan fingerprint density at radius 3 is 2.74 bits per heavy atom. The molecule has 1 unspecified atom stereocenters. The van der Waals surface area contributed by atoms with E-state index >= 15 is 0 Å². The van der Waals surface area contributed by atoms with Gasteiger partial charge in [0.25, 0.3) is 5.91 Å². The number of furan rings is 1. The quantitative estimate of drug-likeness (QED) is 0.184. The molecule has 1 N–H and O–H groups in total. The largest absolute Gasteiger partial charge is 0.503 e. The maximum atomic E-state index is 13.8. The second kappa shape index (κ2) is 9.98. The van der Waals surface area contributed by atoms with Crippen LogP contribution in [0.15, 0.2) is 83.0 Å². The highest BCUT2D eigenvalue weighted by Crippen LogP contribution is 2.44. The maximum Gasteiger partial charge on any atom is 0.350 e. The molecule has 1 amide bonds. The van der Waals surface area contributed by atoms with Gasteiger partial charge in [-0.05, 0) is 36.8 Å². The lowest BCUT2D eigenvalue weighted by Gasteiger charge is -2.24. The zero-order valence-electron chi connectivity index (χ0n) is 20.5. The third kappa shape index (κ3) is 4.24. The number of nitrogens with zero attached hydrogens (tertiary/aromatic N) is 2. The highest BCUT2D eigenvalue weighted by Gasteiger charge is 2.47. The molecule has 0 radical (unpaired) electrons. The van der Waals surface area contributed by atoms with Crippen molar-refractivity contribution < 1.29 is 33.4 Å². The fraction of sp³-hybridized carbons (Fsp3) is 0.143. The molecule has 1 aliphatic heterocycles. The van der Waals surface area contributed by atoms with Gasteiger partial charge in [0.1, 0.15) is 22.8 Å². The fourth-order valence-corrected chi connectivity index (χ4v) is 5.25. The number of amides is 1. The number of fused-ring (bicyclic) bond motifs is 1. The number of thiazole rings is 1. The summed E-state index contributed by atoms with van der Waals surface area (Å²) in [7, 11) is 1.50. The number of hydrogen-bond donors (Lipinski definition) is 1. The first-order valence-electron chi connectivity index (χ1n) is 11.5. The summed E-state index contributed by atoms with van der Waals surface area (Å²) in [5.74, 6) is -2.38. The topological polar surface area (TPSA) is 119 Å². The van der Waals surface area contributed by atoms with Gasteiger partial charge in [-0.25, -0.2) is 9.78 Å². The van der Waals surface area contributed by atoms with Crippen molar-refractivity contribution in [3.63, 3.8) is 0 Å². The number of aliphatic hydroxyl groups excluding tert-OH is 1. The smallest absolute Gasteiger partial charge is 0.350 e. The molecule has 192 valence electrons. The highest BCUT2D eigenvalue weighted by atomic mass is 32.1. The maximum absolute atomic E-state index is 13.8. The number of methoxy groups -OCH3 is 1. The number of hydrogen-bond acceptors (Lipinski definition) is 9. The predicted molar refractivity (Wildman–Crippen MR) is 141 cm³/mol. The second-order valence-corrected chi connectivity index (χ2v) is 9.37. The van der Waals surface area contributed by atoms with Crippen molar-refractivity contribution in [1.29, 1.82) is 0 Å². The number of esters is 1. The van der Waals surface area contributed by atoms with Crippen molar-refractivity contribution in [3.8, 4) is 5.75 Å². The van der Waals surface area contributed by atoms with Crippen molar-refractivity contribution in [3.05, 3.63) is 100 Å². The van der Waals surface area contributed by atoms with Crippen LogP contribution in [0, 0.1) is 6.92 Å². The van der Waals surface area contributed by atoms with E-state index in [0.29, 0.717) is 28.0 Å². The number of rotatable bonds is 8. The second-order valence-electron chi connectivity index (χ2n) is 8.39. The Bertz CT molecular complexity index is 1600. The Kier molecular flexibility index (Phi) is 6.56. The van der Waals surface area contributed by atoms with Gasteiger partial charge in [0.15, 0.2) is 16.7 Å². The van der Waals surface area contributed by atoms with Gasteiger partial charge in [0.05, 0.1) is 24.4 Å². The number of benzene rings is 2. The first-order valence-corrected chi connectivity index (χ1v) is 12.3. The molecule has 10 heteroatoms. The number of aromatic nitrogens is 1. The number of aryl methyl sites for hydroxylation is 1. The molecule has 0 aliphatic carbocycles. The van der Waals surface area contributed by atoms with E-state index in [0.717, 1.165) is 11.3 Å². The summed E-state index contributed by atoms with van der Waals surface area (Å²) in [6.45, 7) is 5.15. The minimum absolute atomic E-state index is 0.0130. The minimum atomic E-state index is -1.07. The van der Waals surface area contributed by atoms with Gasteiger partial charge in [0.2, 0.25) is 5.78 Å². The monoisotopic (exact) mass is 530 g/mol. The van der Waals surface area contributed by atoms with E-state index in [9.17, 15) is 19.5 Å². The average Bonchev–Trinajstić information content (AvgIpc) is 3.61. The molecule has 5 rings (SSSR count). The van der Waals surface area contributed by atoms with Crippen molar-refractivity contribution in [1.82, 2.24) is 4.98 Å². The van der Waals surface area contributed by atoms with E-state index in [4.69, 9.17) is 13.9 Å². The van der Waals surface area contributed by atoms with E-state index < -0.39 is 29.5 Å². The Morgan fingerprint density at radius 2 is 2.00 bits per heavy atom. The molecule has 1 atom stereocenters. The number of Topliss-reactive ketones (excluding diaryl/α,β-unsaturated/α-hetero) is 1. The van der Waals surface area contributed by atoms with E-state index in [2.05, 4.69) is 11.6 Å². The average molecular weight is 531 g/mol. The van der Waals surface area contributed by atoms with Crippen molar-refractivity contribution in [2.24, 2.45) is 0 Å². The van der Waals surface area contributed by atoms with Gasteiger partial charge in [0, 0.05) is 5.39 Å². The number of carbonyl (C=O) groups excluding carboxylic acids is 3. The lowest BCUT2D eigenvalue weighted by molar-refractivity contribution is -0.117. The lowest BCUT2D eigenvalue weighted by atomic mass is 9.95. The molecule has 0 saturated carbocycles. The first-order chi connectivity index (χ1) is 18.3. The Morgan fingerprint density at radius 1 is 1.21 bits per heavy atom. The number of ketones is 1. The molecule has 2 aromatic carbocycles. The van der Waals surface area contributed by atoms with Crippen LogP contribution in [0.5, 0.6) is 5.75 Å². The summed E-state index contributed by atoms with van der Waals surface area (Å²) in [4.78, 5) is 45.6. The summed E-state index contributed by atoms with van der Waals surface area (Å²) < 4.78 is 16.2. The molecule has 0 spiro atoms. The van der Waals surface area contributed by atoms with Crippen LogP contribution in [0.1, 0.15) is 37.5 Å². The van der Waals surface area contributed by atoms with Crippen molar-refractivity contribution in [2.45, 2.75) is 13.0 Å². The summed E-state index contributed by atoms with van der Waals surface area (Å²) in [5, 5.41) is 11.8. The third-order valence-electron chi connectivity index (χ3n) is 6.02. The van der Waals surface area contributed by atoms with Crippen LogP contribution >= 0.6 is 11.3 Å². The zero-order valence-corrected chi connectivity index (χ0v) is 21.3. The van der Waals surface area contributed by atoms with Crippen LogP contribution in [0.2, 0.25) is 0 Å². The number of aliphatic hydroxyl groups is 1. The van der Waals surface area contributed by atoms with Crippen LogP contribution in [0.3, 0.4) is 0 Å². The Hall–Kier alpha value is -4.70. The van der Waals surface area contributed by atoms with Gasteiger partial charge >= 0.3 is 5.97 Å². The minimum Gasteiger partial charge on any atom is -0.503 e. The molecule has 9 nitrogen and oxygen atoms in total. The van der Waals surface area contributed by atoms with Crippen LogP contribution in [-0.4, -0.2) is 41.5 Å². The van der Waals surface area contributed by atoms with Crippen LogP contribution in [0.25, 0.3) is 11.0 Å². The molecular weight excluding hydrogens is 508 g/mol. The van der Waals surface area contributed by atoms with Gasteiger partial charge in [-0.15, -0.1) is 0 Å². The summed E-state index contributed by atoms with van der Waals surface area (Å²) in [5.41, 5.74) is 1.15. The van der Waals surface area contributed by atoms with E-state index in [-0.39, 0.29) is 27.9 Å². The van der Waals surface area contributed by atoms with Gasteiger partial charge < -0.3 is 19.0 Å². The van der Waals surface area contributed by atoms with E-state index in [1.807, 2.05) is 6.07 Å². The first kappa shape index (κ1) is 25.0. The number of anilines is 1. The Labute approximate surface area is 221 Å². The van der Waals surface area contributed by atoms with E-state index in [1.165, 1.54) is 18.1 Å². The number of carbonyl (C=O) groups is 3. The predicted octanol–water partition coefficient (Wildman–Crippen LogP) is 5.33.